The molecule has 1 heterocycles. The van der Waals surface area contributed by atoms with Crippen molar-refractivity contribution in [3.8, 4) is 0 Å². The Morgan fingerprint density at radius 1 is 1.58 bits per heavy atom. The van der Waals surface area contributed by atoms with Crippen LogP contribution < -0.4 is 0 Å². The van der Waals surface area contributed by atoms with Gasteiger partial charge in [0, 0.05) is 6.61 Å². The molecule has 1 saturated heterocycles. The quantitative estimate of drug-likeness (QED) is 0.475. The lowest BCUT2D eigenvalue weighted by Crippen LogP contribution is -2.32. The van der Waals surface area contributed by atoms with Crippen molar-refractivity contribution in [1.82, 2.24) is 0 Å². The monoisotopic (exact) mass is 168 g/mol. The largest absolute Gasteiger partial charge is 0.380 e. The Balaban J connectivity index is 2.53. The number of ether oxygens (including phenoxy) is 1. The fraction of sp³-hybridized carbons (Fsp3) is 0.700. The van der Waals surface area contributed by atoms with Crippen molar-refractivity contribution in [3.63, 3.8) is 0 Å². The summed E-state index contributed by atoms with van der Waals surface area (Å²) in [5, 5.41) is 0. The van der Waals surface area contributed by atoms with Crippen LogP contribution in [-0.2, 0) is 9.53 Å². The van der Waals surface area contributed by atoms with Crippen LogP contribution in [0.25, 0.3) is 0 Å². The zero-order valence-electron chi connectivity index (χ0n) is 7.58. The van der Waals surface area contributed by atoms with Gasteiger partial charge in [0.15, 0.2) is 0 Å². The molecule has 12 heavy (non-hydrogen) atoms. The molecule has 0 radical (unpaired) electrons. The third-order valence-corrected chi connectivity index (χ3v) is 2.36. The maximum atomic E-state index is 10.9. The smallest absolute Gasteiger partial charge is 0.128 e. The van der Waals surface area contributed by atoms with Crippen LogP contribution in [0.5, 0.6) is 0 Å². The first kappa shape index (κ1) is 9.46. The van der Waals surface area contributed by atoms with Gasteiger partial charge in [-0.1, -0.05) is 12.2 Å². The Morgan fingerprint density at radius 3 is 2.92 bits per heavy atom. The summed E-state index contributed by atoms with van der Waals surface area (Å²) in [5.41, 5.74) is -0.217. The van der Waals surface area contributed by atoms with Crippen molar-refractivity contribution in [3.05, 3.63) is 12.2 Å². The molecular weight excluding hydrogens is 152 g/mol. The van der Waals surface area contributed by atoms with Crippen LogP contribution in [0.3, 0.4) is 0 Å². The lowest BCUT2D eigenvalue weighted by Gasteiger charge is -2.30. The summed E-state index contributed by atoms with van der Waals surface area (Å²) in [6, 6.07) is 0. The van der Waals surface area contributed by atoms with Gasteiger partial charge in [-0.25, -0.2) is 0 Å². The van der Waals surface area contributed by atoms with Crippen LogP contribution >= 0.6 is 0 Å². The van der Waals surface area contributed by atoms with Gasteiger partial charge in [-0.3, -0.25) is 0 Å². The van der Waals surface area contributed by atoms with E-state index in [1.807, 2.05) is 19.1 Å². The molecule has 0 aromatic carbocycles. The zero-order chi connectivity index (χ0) is 8.86. The van der Waals surface area contributed by atoms with E-state index in [2.05, 4.69) is 0 Å². The molecule has 2 nitrogen and oxygen atoms in total. The van der Waals surface area contributed by atoms with Crippen LogP contribution in [-0.4, -0.2) is 19.5 Å². The first-order valence-corrected chi connectivity index (χ1v) is 4.48. The highest BCUT2D eigenvalue weighted by Crippen LogP contribution is 2.30. The minimum absolute atomic E-state index is 0.217. The van der Waals surface area contributed by atoms with Crippen molar-refractivity contribution in [2.24, 2.45) is 5.41 Å². The van der Waals surface area contributed by atoms with Crippen molar-refractivity contribution in [2.75, 3.05) is 13.2 Å². The topological polar surface area (TPSA) is 26.3 Å². The molecule has 1 fully saturated rings. The number of carbonyl (C=O) groups excluding carboxylic acids is 1. The summed E-state index contributed by atoms with van der Waals surface area (Å²) in [6.07, 6.45) is 7.90. The van der Waals surface area contributed by atoms with Crippen molar-refractivity contribution >= 4 is 6.29 Å². The molecule has 1 unspecified atom stereocenters. The fourth-order valence-electron chi connectivity index (χ4n) is 1.53. The van der Waals surface area contributed by atoms with Crippen LogP contribution in [0.4, 0.5) is 0 Å². The minimum Gasteiger partial charge on any atom is -0.380 e. The second-order valence-electron chi connectivity index (χ2n) is 3.41. The van der Waals surface area contributed by atoms with Crippen LogP contribution in [0, 0.1) is 5.41 Å². The lowest BCUT2D eigenvalue weighted by atomic mass is 9.81. The third kappa shape index (κ3) is 2.18. The Kier molecular flexibility index (Phi) is 3.48. The Morgan fingerprint density at radius 2 is 2.42 bits per heavy atom. The molecule has 0 aliphatic carbocycles. The van der Waals surface area contributed by atoms with E-state index in [1.165, 1.54) is 0 Å². The average molecular weight is 168 g/mol. The lowest BCUT2D eigenvalue weighted by molar-refractivity contribution is -0.123. The predicted molar refractivity (Wildman–Crippen MR) is 48.0 cm³/mol. The molecule has 0 spiro atoms. The van der Waals surface area contributed by atoms with E-state index in [1.54, 1.807) is 0 Å². The van der Waals surface area contributed by atoms with Gasteiger partial charge in [-0.05, 0) is 26.2 Å². The summed E-state index contributed by atoms with van der Waals surface area (Å²) >= 11 is 0. The number of hydrogen-bond donors (Lipinski definition) is 0. The Bertz CT molecular complexity index is 167. The standard InChI is InChI=1S/C10H16O2/c1-2-3-5-10(8-11)6-4-7-12-9-10/h2-3,8H,4-7,9H2,1H3/b3-2+. The molecule has 1 atom stereocenters. The molecule has 1 aliphatic rings. The van der Waals surface area contributed by atoms with E-state index in [-0.39, 0.29) is 5.41 Å². The van der Waals surface area contributed by atoms with E-state index in [4.69, 9.17) is 4.74 Å². The molecular formula is C10H16O2. The molecule has 0 N–H and O–H groups in total. The van der Waals surface area contributed by atoms with Gasteiger partial charge in [0.2, 0.25) is 0 Å². The maximum absolute atomic E-state index is 10.9. The van der Waals surface area contributed by atoms with Crippen molar-refractivity contribution in [1.29, 1.82) is 0 Å². The molecule has 1 aliphatic heterocycles. The Hall–Kier alpha value is -0.630. The second kappa shape index (κ2) is 4.41. The first-order chi connectivity index (χ1) is 5.83. The molecule has 0 aromatic heterocycles. The number of allylic oxidation sites excluding steroid dienone is 2. The SMILES string of the molecule is C/C=C/CC1(C=O)CCCOC1. The molecule has 68 valence electrons. The average Bonchev–Trinajstić information content (AvgIpc) is 2.16. The van der Waals surface area contributed by atoms with Crippen LogP contribution in [0.15, 0.2) is 12.2 Å². The molecule has 1 rings (SSSR count). The second-order valence-corrected chi connectivity index (χ2v) is 3.41. The summed E-state index contributed by atoms with van der Waals surface area (Å²) in [7, 11) is 0. The number of aldehydes is 1. The predicted octanol–water partition coefficient (Wildman–Crippen LogP) is 1.95. The summed E-state index contributed by atoms with van der Waals surface area (Å²) in [6.45, 7) is 3.38. The number of hydrogen-bond acceptors (Lipinski definition) is 2. The zero-order valence-corrected chi connectivity index (χ0v) is 7.58. The molecule has 0 saturated carbocycles. The van der Waals surface area contributed by atoms with Gasteiger partial charge >= 0.3 is 0 Å². The van der Waals surface area contributed by atoms with E-state index < -0.39 is 0 Å². The fourth-order valence-corrected chi connectivity index (χ4v) is 1.53. The van der Waals surface area contributed by atoms with E-state index in [0.717, 1.165) is 32.2 Å². The van der Waals surface area contributed by atoms with E-state index in [9.17, 15) is 4.79 Å². The van der Waals surface area contributed by atoms with Gasteiger partial charge < -0.3 is 9.53 Å². The van der Waals surface area contributed by atoms with Crippen molar-refractivity contribution < 1.29 is 9.53 Å². The van der Waals surface area contributed by atoms with E-state index in [0.29, 0.717) is 6.61 Å². The van der Waals surface area contributed by atoms with Crippen molar-refractivity contribution in [2.45, 2.75) is 26.2 Å². The minimum atomic E-state index is -0.217. The Labute approximate surface area is 73.6 Å². The van der Waals surface area contributed by atoms with E-state index >= 15 is 0 Å². The normalized spacial score (nSPS) is 30.8. The van der Waals surface area contributed by atoms with Gasteiger partial charge in [-0.15, -0.1) is 0 Å². The van der Waals surface area contributed by atoms with Gasteiger partial charge in [-0.2, -0.15) is 0 Å². The van der Waals surface area contributed by atoms with Gasteiger partial charge in [0.05, 0.1) is 12.0 Å². The highest BCUT2D eigenvalue weighted by Gasteiger charge is 2.30. The summed E-state index contributed by atoms with van der Waals surface area (Å²) in [4.78, 5) is 10.9. The van der Waals surface area contributed by atoms with Crippen LogP contribution in [0.1, 0.15) is 26.2 Å². The summed E-state index contributed by atoms with van der Waals surface area (Å²) < 4.78 is 5.31. The third-order valence-electron chi connectivity index (χ3n) is 2.36. The highest BCUT2D eigenvalue weighted by atomic mass is 16.5. The highest BCUT2D eigenvalue weighted by molar-refractivity contribution is 5.60. The first-order valence-electron chi connectivity index (χ1n) is 4.48. The van der Waals surface area contributed by atoms with Gasteiger partial charge in [0.1, 0.15) is 6.29 Å². The number of carbonyl (C=O) groups is 1. The summed E-state index contributed by atoms with van der Waals surface area (Å²) in [5.74, 6) is 0. The number of rotatable bonds is 3. The molecule has 0 bridgehead atoms. The maximum Gasteiger partial charge on any atom is 0.128 e. The molecule has 0 aromatic rings. The van der Waals surface area contributed by atoms with Crippen LogP contribution in [0.2, 0.25) is 0 Å². The molecule has 0 amide bonds. The van der Waals surface area contributed by atoms with Gasteiger partial charge in [0.25, 0.3) is 0 Å². The molecule has 2 heteroatoms.